The van der Waals surface area contributed by atoms with Crippen LogP contribution in [0.25, 0.3) is 0 Å². The molecule has 0 saturated heterocycles. The van der Waals surface area contributed by atoms with Crippen molar-refractivity contribution in [3.63, 3.8) is 0 Å². The van der Waals surface area contributed by atoms with Crippen molar-refractivity contribution in [1.82, 2.24) is 9.55 Å². The van der Waals surface area contributed by atoms with Crippen molar-refractivity contribution in [2.75, 3.05) is 0 Å². The van der Waals surface area contributed by atoms with Crippen LogP contribution in [0.4, 0.5) is 0 Å². The molecule has 5 heteroatoms. The molecule has 3 nitrogen and oxygen atoms in total. The zero-order chi connectivity index (χ0) is 12.4. The van der Waals surface area contributed by atoms with Gasteiger partial charge in [-0.3, -0.25) is 4.79 Å². The third-order valence-electron chi connectivity index (χ3n) is 2.50. The van der Waals surface area contributed by atoms with Crippen LogP contribution in [-0.4, -0.2) is 15.3 Å². The van der Waals surface area contributed by atoms with Crippen molar-refractivity contribution >= 4 is 29.0 Å². The topological polar surface area (TPSA) is 34.9 Å². The number of imidazole rings is 1. The van der Waals surface area contributed by atoms with Gasteiger partial charge >= 0.3 is 0 Å². The molecule has 1 heterocycles. The van der Waals surface area contributed by atoms with Crippen LogP contribution in [-0.2, 0) is 13.5 Å². The van der Waals surface area contributed by atoms with Crippen LogP contribution in [0.15, 0.2) is 30.7 Å². The molecule has 0 N–H and O–H groups in total. The third kappa shape index (κ3) is 2.51. The Morgan fingerprint density at radius 2 is 2.00 bits per heavy atom. The summed E-state index contributed by atoms with van der Waals surface area (Å²) in [6.45, 7) is 0. The molecule has 0 radical (unpaired) electrons. The van der Waals surface area contributed by atoms with Crippen molar-refractivity contribution in [3.8, 4) is 0 Å². The van der Waals surface area contributed by atoms with Crippen LogP contribution in [0.2, 0.25) is 10.0 Å². The minimum Gasteiger partial charge on any atom is -0.331 e. The highest BCUT2D eigenvalue weighted by molar-refractivity contribution is 6.36. The van der Waals surface area contributed by atoms with Crippen LogP contribution in [0.3, 0.4) is 0 Å². The first kappa shape index (κ1) is 12.1. The first-order valence-corrected chi connectivity index (χ1v) is 5.77. The number of halogens is 2. The van der Waals surface area contributed by atoms with Crippen LogP contribution in [0.5, 0.6) is 0 Å². The van der Waals surface area contributed by atoms with Gasteiger partial charge in [0, 0.05) is 23.5 Å². The van der Waals surface area contributed by atoms with E-state index in [1.165, 1.54) is 6.20 Å². The Labute approximate surface area is 109 Å². The lowest BCUT2D eigenvalue weighted by Gasteiger charge is -2.06. The van der Waals surface area contributed by atoms with E-state index in [1.807, 2.05) is 0 Å². The van der Waals surface area contributed by atoms with E-state index in [-0.39, 0.29) is 12.2 Å². The van der Waals surface area contributed by atoms with Gasteiger partial charge in [0.25, 0.3) is 0 Å². The van der Waals surface area contributed by atoms with Crippen molar-refractivity contribution in [1.29, 1.82) is 0 Å². The number of nitrogens with zero attached hydrogens (tertiary/aromatic N) is 2. The number of carbonyl (C=O) groups is 1. The Balaban J connectivity index is 2.28. The number of aryl methyl sites for hydroxylation is 1. The molecule has 1 aromatic heterocycles. The summed E-state index contributed by atoms with van der Waals surface area (Å²) >= 11 is 12.0. The summed E-state index contributed by atoms with van der Waals surface area (Å²) in [5, 5.41) is 1.01. The van der Waals surface area contributed by atoms with Gasteiger partial charge in [0.15, 0.2) is 5.78 Å². The molecule has 17 heavy (non-hydrogen) atoms. The predicted octanol–water partition coefficient (Wildman–Crippen LogP) is 3.15. The largest absolute Gasteiger partial charge is 0.331 e. The van der Waals surface area contributed by atoms with E-state index in [0.29, 0.717) is 21.3 Å². The molecule has 0 fully saturated rings. The third-order valence-corrected chi connectivity index (χ3v) is 3.21. The second-order valence-electron chi connectivity index (χ2n) is 3.69. The molecule has 1 aromatic carbocycles. The molecule has 0 saturated carbocycles. The number of Topliss-reactive ketones (excluding diaryl/α,β-unsaturated/α-hetero) is 1. The molecule has 2 rings (SSSR count). The average molecular weight is 269 g/mol. The fraction of sp³-hybridized carbons (Fsp3) is 0.167. The summed E-state index contributed by atoms with van der Waals surface area (Å²) in [4.78, 5) is 15.9. The molecule has 0 atom stereocenters. The van der Waals surface area contributed by atoms with E-state index < -0.39 is 0 Å². The van der Waals surface area contributed by atoms with Gasteiger partial charge in [-0.2, -0.15) is 0 Å². The minimum atomic E-state index is -0.0556. The van der Waals surface area contributed by atoms with Crippen LogP contribution in [0.1, 0.15) is 16.1 Å². The second kappa shape index (κ2) is 4.90. The SMILES string of the molecule is Cn1cncc1C(=O)Cc1c(Cl)cccc1Cl. The second-order valence-corrected chi connectivity index (χ2v) is 4.50. The van der Waals surface area contributed by atoms with Gasteiger partial charge in [0.2, 0.25) is 0 Å². The zero-order valence-electron chi connectivity index (χ0n) is 9.15. The number of hydrogen-bond acceptors (Lipinski definition) is 2. The summed E-state index contributed by atoms with van der Waals surface area (Å²) in [7, 11) is 1.77. The maximum absolute atomic E-state index is 12.0. The molecule has 88 valence electrons. The number of rotatable bonds is 3. The number of aromatic nitrogens is 2. The molecule has 0 aliphatic carbocycles. The highest BCUT2D eigenvalue weighted by Crippen LogP contribution is 2.25. The number of ketones is 1. The van der Waals surface area contributed by atoms with Gasteiger partial charge in [-0.25, -0.2) is 4.98 Å². The fourth-order valence-electron chi connectivity index (χ4n) is 1.58. The highest BCUT2D eigenvalue weighted by Gasteiger charge is 2.14. The van der Waals surface area contributed by atoms with Crippen molar-refractivity contribution in [2.45, 2.75) is 6.42 Å². The van der Waals surface area contributed by atoms with E-state index in [4.69, 9.17) is 23.2 Å². The summed E-state index contributed by atoms with van der Waals surface area (Å²) in [5.74, 6) is -0.0556. The Hall–Kier alpha value is -1.32. The number of carbonyl (C=O) groups excluding carboxylic acids is 1. The lowest BCUT2D eigenvalue weighted by Crippen LogP contribution is -2.09. The summed E-state index contributed by atoms with van der Waals surface area (Å²) < 4.78 is 1.67. The summed E-state index contributed by atoms with van der Waals surface area (Å²) in [6, 6.07) is 5.20. The molecule has 0 bridgehead atoms. The predicted molar refractivity (Wildman–Crippen MR) is 67.7 cm³/mol. The monoisotopic (exact) mass is 268 g/mol. The van der Waals surface area contributed by atoms with Gasteiger partial charge in [-0.15, -0.1) is 0 Å². The van der Waals surface area contributed by atoms with Crippen LogP contribution in [0, 0.1) is 0 Å². The van der Waals surface area contributed by atoms with E-state index in [0.717, 1.165) is 0 Å². The van der Waals surface area contributed by atoms with Crippen molar-refractivity contribution in [3.05, 3.63) is 52.0 Å². The zero-order valence-corrected chi connectivity index (χ0v) is 10.7. The van der Waals surface area contributed by atoms with E-state index >= 15 is 0 Å². The number of benzene rings is 1. The molecule has 0 aliphatic rings. The Morgan fingerprint density at radius 1 is 1.35 bits per heavy atom. The molecular formula is C12H10Cl2N2O. The first-order valence-electron chi connectivity index (χ1n) is 5.02. The maximum atomic E-state index is 12.0. The highest BCUT2D eigenvalue weighted by atomic mass is 35.5. The lowest BCUT2D eigenvalue weighted by atomic mass is 10.1. The first-order chi connectivity index (χ1) is 8.09. The molecule has 0 amide bonds. The lowest BCUT2D eigenvalue weighted by molar-refractivity contribution is 0.0985. The van der Waals surface area contributed by atoms with E-state index in [2.05, 4.69) is 4.98 Å². The van der Waals surface area contributed by atoms with Gasteiger partial charge in [0.05, 0.1) is 12.5 Å². The van der Waals surface area contributed by atoms with Crippen LogP contribution < -0.4 is 0 Å². The van der Waals surface area contributed by atoms with Crippen LogP contribution >= 0.6 is 23.2 Å². The molecular weight excluding hydrogens is 259 g/mol. The van der Waals surface area contributed by atoms with Gasteiger partial charge in [-0.1, -0.05) is 29.3 Å². The minimum absolute atomic E-state index is 0.0556. The van der Waals surface area contributed by atoms with E-state index in [9.17, 15) is 4.79 Å². The Morgan fingerprint density at radius 3 is 2.53 bits per heavy atom. The fourth-order valence-corrected chi connectivity index (χ4v) is 2.11. The number of hydrogen-bond donors (Lipinski definition) is 0. The summed E-state index contributed by atoms with van der Waals surface area (Å²) in [6.07, 6.45) is 3.30. The van der Waals surface area contributed by atoms with E-state index in [1.54, 1.807) is 36.1 Å². The molecule has 2 aromatic rings. The van der Waals surface area contributed by atoms with Gasteiger partial charge < -0.3 is 4.57 Å². The Kier molecular flexibility index (Phi) is 3.50. The maximum Gasteiger partial charge on any atom is 0.185 e. The molecule has 0 aliphatic heterocycles. The standard InChI is InChI=1S/C12H10Cl2N2O/c1-16-7-15-6-11(16)12(17)5-8-9(13)3-2-4-10(8)14/h2-4,6-7H,5H2,1H3. The summed E-state index contributed by atoms with van der Waals surface area (Å²) in [5.41, 5.74) is 1.20. The Bertz CT molecular complexity index is 543. The smallest absolute Gasteiger partial charge is 0.185 e. The van der Waals surface area contributed by atoms with Gasteiger partial charge in [-0.05, 0) is 17.7 Å². The molecule has 0 unspecified atom stereocenters. The van der Waals surface area contributed by atoms with Gasteiger partial charge in [0.1, 0.15) is 5.69 Å². The quantitative estimate of drug-likeness (QED) is 0.802. The average Bonchev–Trinajstić information content (AvgIpc) is 2.70. The normalized spacial score (nSPS) is 10.5. The van der Waals surface area contributed by atoms with Crippen molar-refractivity contribution < 1.29 is 4.79 Å². The van der Waals surface area contributed by atoms with Crippen molar-refractivity contribution in [2.24, 2.45) is 7.05 Å². The molecule has 0 spiro atoms.